The Morgan fingerprint density at radius 2 is 2.38 bits per heavy atom. The highest BCUT2D eigenvalue weighted by Gasteiger charge is 2.34. The second-order valence-electron chi connectivity index (χ2n) is 4.22. The minimum Gasteiger partial charge on any atom is -0.395 e. The maximum atomic E-state index is 9.20. The molecule has 1 heterocycles. The van der Waals surface area contributed by atoms with Gasteiger partial charge in [0.2, 0.25) is 0 Å². The molecule has 0 bridgehead atoms. The van der Waals surface area contributed by atoms with Gasteiger partial charge in [-0.25, -0.2) is 0 Å². The van der Waals surface area contributed by atoms with Gasteiger partial charge in [-0.1, -0.05) is 6.08 Å². The topological polar surface area (TPSA) is 35.5 Å². The molecule has 1 aliphatic rings. The van der Waals surface area contributed by atoms with Gasteiger partial charge >= 0.3 is 0 Å². The second-order valence-corrected chi connectivity index (χ2v) is 4.22. The van der Waals surface area contributed by atoms with E-state index in [-0.39, 0.29) is 18.2 Å². The minimum absolute atomic E-state index is 0.111. The SMILES string of the molecule is C=CCN1C(CO)CNCC1(C)C. The standard InChI is InChI=1S/C10H20N2O/c1-4-5-12-9(7-13)6-11-8-10(12,2)3/h4,9,11,13H,1,5-8H2,2-3H3. The zero-order valence-electron chi connectivity index (χ0n) is 8.58. The molecule has 0 amide bonds. The zero-order chi connectivity index (χ0) is 9.90. The molecule has 3 nitrogen and oxygen atoms in total. The zero-order valence-corrected chi connectivity index (χ0v) is 8.58. The molecule has 0 aromatic rings. The van der Waals surface area contributed by atoms with Crippen molar-refractivity contribution in [2.75, 3.05) is 26.2 Å². The normalized spacial score (nSPS) is 28.7. The van der Waals surface area contributed by atoms with Crippen LogP contribution in [0.5, 0.6) is 0 Å². The number of rotatable bonds is 3. The third-order valence-corrected chi connectivity index (χ3v) is 2.69. The van der Waals surface area contributed by atoms with E-state index >= 15 is 0 Å². The first-order valence-electron chi connectivity index (χ1n) is 4.81. The van der Waals surface area contributed by atoms with Gasteiger partial charge < -0.3 is 10.4 Å². The Labute approximate surface area is 80.4 Å². The molecule has 0 radical (unpaired) electrons. The van der Waals surface area contributed by atoms with Crippen molar-refractivity contribution >= 4 is 0 Å². The van der Waals surface area contributed by atoms with Gasteiger partial charge in [0.25, 0.3) is 0 Å². The average Bonchev–Trinajstić information content (AvgIpc) is 2.08. The number of nitrogens with one attached hydrogen (secondary N) is 1. The van der Waals surface area contributed by atoms with E-state index in [1.165, 1.54) is 0 Å². The van der Waals surface area contributed by atoms with Gasteiger partial charge in [0.1, 0.15) is 0 Å². The fourth-order valence-corrected chi connectivity index (χ4v) is 1.95. The molecule has 1 fully saturated rings. The molecule has 1 saturated heterocycles. The lowest BCUT2D eigenvalue weighted by Gasteiger charge is -2.47. The maximum absolute atomic E-state index is 9.20. The second kappa shape index (κ2) is 4.22. The molecule has 13 heavy (non-hydrogen) atoms. The fraction of sp³-hybridized carbons (Fsp3) is 0.800. The Morgan fingerprint density at radius 1 is 1.69 bits per heavy atom. The smallest absolute Gasteiger partial charge is 0.0599 e. The molecular formula is C10H20N2O. The van der Waals surface area contributed by atoms with Gasteiger partial charge in [0, 0.05) is 31.2 Å². The van der Waals surface area contributed by atoms with Crippen molar-refractivity contribution in [1.82, 2.24) is 10.2 Å². The Morgan fingerprint density at radius 3 is 2.92 bits per heavy atom. The first kappa shape index (κ1) is 10.7. The lowest BCUT2D eigenvalue weighted by Crippen LogP contribution is -2.63. The van der Waals surface area contributed by atoms with E-state index in [0.29, 0.717) is 0 Å². The summed E-state index contributed by atoms with van der Waals surface area (Å²) in [5.41, 5.74) is 0.111. The van der Waals surface area contributed by atoms with Crippen LogP contribution in [-0.2, 0) is 0 Å². The molecule has 1 atom stereocenters. The minimum atomic E-state index is 0.111. The van der Waals surface area contributed by atoms with Gasteiger partial charge in [0.05, 0.1) is 6.61 Å². The van der Waals surface area contributed by atoms with E-state index in [4.69, 9.17) is 0 Å². The summed E-state index contributed by atoms with van der Waals surface area (Å²) in [5, 5.41) is 12.5. The third-order valence-electron chi connectivity index (χ3n) is 2.69. The molecule has 0 saturated carbocycles. The lowest BCUT2D eigenvalue weighted by atomic mass is 9.96. The Kier molecular flexibility index (Phi) is 3.47. The molecule has 3 heteroatoms. The Balaban J connectivity index is 2.70. The maximum Gasteiger partial charge on any atom is 0.0599 e. The van der Waals surface area contributed by atoms with Crippen LogP contribution in [0.15, 0.2) is 12.7 Å². The summed E-state index contributed by atoms with van der Waals surface area (Å²) in [6, 6.07) is 0.224. The molecule has 1 unspecified atom stereocenters. The van der Waals surface area contributed by atoms with Gasteiger partial charge in [0.15, 0.2) is 0 Å². The summed E-state index contributed by atoms with van der Waals surface area (Å²) in [5.74, 6) is 0. The molecule has 0 aromatic heterocycles. The predicted octanol–water partition coefficient (Wildman–Crippen LogP) is 0.217. The molecular weight excluding hydrogens is 164 g/mol. The van der Waals surface area contributed by atoms with Crippen molar-refractivity contribution in [2.24, 2.45) is 0 Å². The number of piperazine rings is 1. The summed E-state index contributed by atoms with van der Waals surface area (Å²) in [6.07, 6.45) is 1.90. The van der Waals surface area contributed by atoms with Crippen LogP contribution >= 0.6 is 0 Å². The van der Waals surface area contributed by atoms with Crippen LogP contribution in [0.1, 0.15) is 13.8 Å². The van der Waals surface area contributed by atoms with Crippen LogP contribution in [0.2, 0.25) is 0 Å². The summed E-state index contributed by atoms with van der Waals surface area (Å²) >= 11 is 0. The van der Waals surface area contributed by atoms with Crippen molar-refractivity contribution in [1.29, 1.82) is 0 Å². The molecule has 76 valence electrons. The number of aliphatic hydroxyl groups is 1. The molecule has 1 rings (SSSR count). The lowest BCUT2D eigenvalue weighted by molar-refractivity contribution is 0.0198. The van der Waals surface area contributed by atoms with E-state index in [0.717, 1.165) is 19.6 Å². The average molecular weight is 184 g/mol. The summed E-state index contributed by atoms with van der Waals surface area (Å²) in [4.78, 5) is 2.30. The highest BCUT2D eigenvalue weighted by Crippen LogP contribution is 2.20. The van der Waals surface area contributed by atoms with Crippen LogP contribution in [0.4, 0.5) is 0 Å². The first-order valence-corrected chi connectivity index (χ1v) is 4.81. The first-order chi connectivity index (χ1) is 6.11. The highest BCUT2D eigenvalue weighted by molar-refractivity contribution is 4.96. The van der Waals surface area contributed by atoms with Crippen LogP contribution in [-0.4, -0.2) is 47.8 Å². The largest absolute Gasteiger partial charge is 0.395 e. The van der Waals surface area contributed by atoms with Crippen molar-refractivity contribution in [3.63, 3.8) is 0 Å². The van der Waals surface area contributed by atoms with Gasteiger partial charge in [-0.3, -0.25) is 4.90 Å². The predicted molar refractivity (Wildman–Crippen MR) is 54.7 cm³/mol. The molecule has 2 N–H and O–H groups in total. The molecule has 1 aliphatic heterocycles. The van der Waals surface area contributed by atoms with Crippen LogP contribution in [0.25, 0.3) is 0 Å². The Hall–Kier alpha value is -0.380. The number of nitrogens with zero attached hydrogens (tertiary/aromatic N) is 1. The van der Waals surface area contributed by atoms with Gasteiger partial charge in [-0.15, -0.1) is 6.58 Å². The van der Waals surface area contributed by atoms with E-state index in [1.807, 2.05) is 6.08 Å². The van der Waals surface area contributed by atoms with Crippen molar-refractivity contribution in [3.8, 4) is 0 Å². The van der Waals surface area contributed by atoms with E-state index < -0.39 is 0 Å². The summed E-state index contributed by atoms with van der Waals surface area (Å²) in [7, 11) is 0. The van der Waals surface area contributed by atoms with Crippen LogP contribution < -0.4 is 5.32 Å². The van der Waals surface area contributed by atoms with Gasteiger partial charge in [-0.2, -0.15) is 0 Å². The number of hydrogen-bond donors (Lipinski definition) is 2. The van der Waals surface area contributed by atoms with Crippen molar-refractivity contribution < 1.29 is 5.11 Å². The summed E-state index contributed by atoms with van der Waals surface area (Å²) in [6.45, 7) is 11.0. The Bertz CT molecular complexity index is 180. The quantitative estimate of drug-likeness (QED) is 0.616. The fourth-order valence-electron chi connectivity index (χ4n) is 1.95. The molecule has 0 aliphatic carbocycles. The van der Waals surface area contributed by atoms with E-state index in [1.54, 1.807) is 0 Å². The van der Waals surface area contributed by atoms with Crippen LogP contribution in [0, 0.1) is 0 Å². The highest BCUT2D eigenvalue weighted by atomic mass is 16.3. The monoisotopic (exact) mass is 184 g/mol. The molecule has 0 spiro atoms. The summed E-state index contributed by atoms with van der Waals surface area (Å²) < 4.78 is 0. The molecule has 0 aromatic carbocycles. The van der Waals surface area contributed by atoms with Crippen LogP contribution in [0.3, 0.4) is 0 Å². The van der Waals surface area contributed by atoms with E-state index in [2.05, 4.69) is 30.6 Å². The van der Waals surface area contributed by atoms with Crippen molar-refractivity contribution in [2.45, 2.75) is 25.4 Å². The number of aliphatic hydroxyl groups excluding tert-OH is 1. The third kappa shape index (κ3) is 2.30. The number of hydrogen-bond acceptors (Lipinski definition) is 3. The van der Waals surface area contributed by atoms with E-state index in [9.17, 15) is 5.11 Å². The van der Waals surface area contributed by atoms with Gasteiger partial charge in [-0.05, 0) is 13.8 Å². The van der Waals surface area contributed by atoms with Crippen molar-refractivity contribution in [3.05, 3.63) is 12.7 Å².